The first-order chi connectivity index (χ1) is 29.2. The molecule has 0 aliphatic carbocycles. The minimum absolute atomic E-state index is 0.0629. The van der Waals surface area contributed by atoms with Gasteiger partial charge < -0.3 is 9.97 Å². The zero-order chi connectivity index (χ0) is 42.7. The second-order valence-electron chi connectivity index (χ2n) is 14.4. The lowest BCUT2D eigenvalue weighted by atomic mass is 9.91. The van der Waals surface area contributed by atoms with Crippen LogP contribution in [-0.2, 0) is 0 Å². The predicted molar refractivity (Wildman–Crippen MR) is 225 cm³/mol. The highest BCUT2D eigenvalue weighted by Gasteiger charge is 2.81. The summed E-state index contributed by atoms with van der Waals surface area (Å²) < 4.78 is 123. The lowest BCUT2D eigenvalue weighted by molar-refractivity contribution is -0.332. The molecule has 2 N–H and O–H groups in total. The maximum atomic E-state index is 16.8. The number of alkyl halides is 9. The lowest BCUT2D eigenvalue weighted by Gasteiger charge is -2.35. The van der Waals surface area contributed by atoms with Crippen LogP contribution in [0.2, 0.25) is 0 Å². The highest BCUT2D eigenvalue weighted by molar-refractivity contribution is 6.22. The first kappa shape index (κ1) is 39.7. The number of benzene rings is 4. The van der Waals surface area contributed by atoms with E-state index in [0.29, 0.717) is 50.8 Å². The minimum atomic E-state index is -6.74. The molecule has 4 aromatic carbocycles. The van der Waals surface area contributed by atoms with Crippen molar-refractivity contribution in [1.82, 2.24) is 19.9 Å². The Hall–Kier alpha value is -6.79. The van der Waals surface area contributed by atoms with E-state index in [1.807, 2.05) is 72.8 Å². The van der Waals surface area contributed by atoms with E-state index in [1.165, 1.54) is 18.2 Å². The van der Waals surface area contributed by atoms with Gasteiger partial charge in [-0.3, -0.25) is 0 Å². The number of H-pyrrole nitrogens is 2. The quantitative estimate of drug-likeness (QED) is 0.118. The molecule has 0 amide bonds. The van der Waals surface area contributed by atoms with Crippen molar-refractivity contribution in [2.75, 3.05) is 0 Å². The molecule has 0 radical (unpaired) electrons. The molecular formula is C48H29ClF8N4. The number of halogens is 9. The van der Waals surface area contributed by atoms with Crippen molar-refractivity contribution in [1.29, 1.82) is 0 Å². The molecule has 7 aromatic rings. The Morgan fingerprint density at radius 1 is 0.393 bits per heavy atom. The Bertz CT molecular complexity index is 3030. The van der Waals surface area contributed by atoms with E-state index >= 15 is 17.6 Å². The predicted octanol–water partition coefficient (Wildman–Crippen LogP) is 14.4. The average molecular weight is 849 g/mol. The third-order valence-electron chi connectivity index (χ3n) is 10.6. The molecule has 304 valence electrons. The number of nitrogens with zero attached hydrogens (tertiary/aromatic N) is 2. The van der Waals surface area contributed by atoms with Gasteiger partial charge in [0.15, 0.2) is 0 Å². The fourth-order valence-electron chi connectivity index (χ4n) is 7.70. The van der Waals surface area contributed by atoms with Crippen molar-refractivity contribution in [2.45, 2.75) is 23.1 Å². The van der Waals surface area contributed by atoms with Gasteiger partial charge in [-0.15, -0.1) is 0 Å². The standard InChI is InChI=1S/C48H29ClF8N4/c49-48(56,57)47(54,55)46(52,53)45(50,51)32-27-39-42(30-17-9-3-10-18-30)37-24-23-35(59-37)40(28-13-5-1-6-14-28)33-21-22-34(58-33)41(29-15-7-2-8-16-29)36-25-26-38(60-36)43(44(32)61-39)31-19-11-4-12-20-31/h1-27,59-60H. The van der Waals surface area contributed by atoms with Gasteiger partial charge in [0.25, 0.3) is 0 Å². The molecule has 8 bridgehead atoms. The molecule has 0 spiro atoms. The highest BCUT2D eigenvalue weighted by atomic mass is 35.5. The molecule has 2 aliphatic rings. The van der Waals surface area contributed by atoms with Crippen LogP contribution in [0.3, 0.4) is 0 Å². The molecule has 0 fully saturated rings. The number of aromatic amines is 2. The zero-order valence-corrected chi connectivity index (χ0v) is 32.1. The minimum Gasteiger partial charge on any atom is -0.354 e. The monoisotopic (exact) mass is 848 g/mol. The maximum absolute atomic E-state index is 16.8. The SMILES string of the molecule is FC(F)(Cl)C(F)(F)C(F)(F)C(F)(F)C1=Cc2nc1c(-c1ccccc1)c1ccc([nH]1)c(-c1ccccc1)c1nc(c(-c3ccccc3)c3ccc([nH]3)c2-c2ccccc2)C=C1. The third kappa shape index (κ3) is 6.62. The van der Waals surface area contributed by atoms with Crippen LogP contribution in [0.25, 0.3) is 90.4 Å². The molecule has 0 atom stereocenters. The summed E-state index contributed by atoms with van der Waals surface area (Å²) in [6.45, 7) is 0. The van der Waals surface area contributed by atoms with Gasteiger partial charge in [0.2, 0.25) is 0 Å². The Labute approximate surface area is 347 Å². The second kappa shape index (κ2) is 14.7. The average Bonchev–Trinajstić information content (AvgIpc) is 4.09. The molecule has 13 heteroatoms. The van der Waals surface area contributed by atoms with Crippen molar-refractivity contribution in [3.05, 3.63) is 168 Å². The Balaban J connectivity index is 1.51. The summed E-state index contributed by atoms with van der Waals surface area (Å²) in [6.07, 6.45) is 4.27. The molecule has 4 nitrogen and oxygen atoms in total. The topological polar surface area (TPSA) is 57.4 Å². The summed E-state index contributed by atoms with van der Waals surface area (Å²) in [6, 6.07) is 41.1. The van der Waals surface area contributed by atoms with E-state index in [4.69, 9.17) is 4.98 Å². The number of rotatable bonds is 8. The smallest absolute Gasteiger partial charge is 0.354 e. The van der Waals surface area contributed by atoms with Gasteiger partial charge in [-0.2, -0.15) is 35.1 Å². The number of fused-ring (bicyclic) bond motifs is 8. The molecule has 5 heterocycles. The van der Waals surface area contributed by atoms with Crippen LogP contribution >= 0.6 is 11.6 Å². The summed E-state index contributed by atoms with van der Waals surface area (Å²) in [5.41, 5.74) is 2.58. The fraction of sp³-hybridized carbons (Fsp3) is 0.0833. The fourth-order valence-corrected chi connectivity index (χ4v) is 7.82. The molecule has 0 unspecified atom stereocenters. The van der Waals surface area contributed by atoms with E-state index in [9.17, 15) is 17.6 Å². The van der Waals surface area contributed by atoms with Gasteiger partial charge in [-0.1, -0.05) is 121 Å². The number of hydrogen-bond acceptors (Lipinski definition) is 2. The van der Waals surface area contributed by atoms with Crippen LogP contribution in [0.4, 0.5) is 35.1 Å². The molecule has 0 saturated heterocycles. The molecule has 9 rings (SSSR count). The number of aromatic nitrogens is 4. The lowest BCUT2D eigenvalue weighted by Crippen LogP contribution is -2.60. The van der Waals surface area contributed by atoms with Crippen LogP contribution in [0.1, 0.15) is 22.8 Å². The van der Waals surface area contributed by atoms with Crippen molar-refractivity contribution in [3.63, 3.8) is 0 Å². The van der Waals surface area contributed by atoms with Crippen LogP contribution in [0.15, 0.2) is 146 Å². The van der Waals surface area contributed by atoms with Gasteiger partial charge >= 0.3 is 23.1 Å². The van der Waals surface area contributed by atoms with Crippen molar-refractivity contribution in [2.24, 2.45) is 0 Å². The Morgan fingerprint density at radius 2 is 0.738 bits per heavy atom. The Kier molecular flexibility index (Phi) is 9.58. The summed E-state index contributed by atoms with van der Waals surface area (Å²) in [5.74, 6) is -19.5. The summed E-state index contributed by atoms with van der Waals surface area (Å²) in [4.78, 5) is 16.3. The molecular weight excluding hydrogens is 820 g/mol. The van der Waals surface area contributed by atoms with Crippen molar-refractivity contribution < 1.29 is 35.1 Å². The van der Waals surface area contributed by atoms with Crippen LogP contribution < -0.4 is 0 Å². The second-order valence-corrected chi connectivity index (χ2v) is 14.9. The largest absolute Gasteiger partial charge is 0.393 e. The van der Waals surface area contributed by atoms with Gasteiger partial charge in [-0.25, -0.2) is 9.97 Å². The van der Waals surface area contributed by atoms with E-state index in [2.05, 4.69) is 26.6 Å². The Morgan fingerprint density at radius 3 is 1.11 bits per heavy atom. The molecule has 3 aromatic heterocycles. The number of nitrogens with one attached hydrogen (secondary N) is 2. The van der Waals surface area contributed by atoms with Crippen LogP contribution in [0.5, 0.6) is 0 Å². The maximum Gasteiger partial charge on any atom is 0.393 e. The van der Waals surface area contributed by atoms with E-state index in [-0.39, 0.29) is 33.4 Å². The first-order valence-electron chi connectivity index (χ1n) is 18.8. The summed E-state index contributed by atoms with van der Waals surface area (Å²) in [7, 11) is 0. The zero-order valence-electron chi connectivity index (χ0n) is 31.4. The van der Waals surface area contributed by atoms with Gasteiger partial charge in [0, 0.05) is 44.3 Å². The van der Waals surface area contributed by atoms with Gasteiger partial charge in [-0.05, 0) is 76.3 Å². The molecule has 61 heavy (non-hydrogen) atoms. The third-order valence-corrected chi connectivity index (χ3v) is 10.8. The highest BCUT2D eigenvalue weighted by Crippen LogP contribution is 2.59. The van der Waals surface area contributed by atoms with Crippen molar-refractivity contribution >= 4 is 57.5 Å². The summed E-state index contributed by atoms with van der Waals surface area (Å²) in [5, 5.41) is -6.07. The van der Waals surface area contributed by atoms with Crippen LogP contribution in [-0.4, -0.2) is 43.1 Å². The normalized spacial score (nSPS) is 13.4. The molecule has 2 aliphatic heterocycles. The number of allylic oxidation sites excluding steroid dienone is 1. The summed E-state index contributed by atoms with van der Waals surface area (Å²) >= 11 is 4.46. The van der Waals surface area contributed by atoms with Gasteiger partial charge in [0.1, 0.15) is 0 Å². The van der Waals surface area contributed by atoms with Crippen LogP contribution in [0, 0.1) is 0 Å². The first-order valence-corrected chi connectivity index (χ1v) is 19.2. The number of hydrogen-bond donors (Lipinski definition) is 2. The van der Waals surface area contributed by atoms with Crippen molar-refractivity contribution in [3.8, 4) is 44.5 Å². The van der Waals surface area contributed by atoms with E-state index < -0.39 is 34.4 Å². The van der Waals surface area contributed by atoms with E-state index in [0.717, 1.165) is 5.56 Å². The van der Waals surface area contributed by atoms with Gasteiger partial charge in [0.05, 0.1) is 28.3 Å². The molecule has 0 saturated carbocycles. The van der Waals surface area contributed by atoms with E-state index in [1.54, 1.807) is 66.7 Å².